The Morgan fingerprint density at radius 2 is 2.00 bits per heavy atom. The summed E-state index contributed by atoms with van der Waals surface area (Å²) in [4.78, 5) is 0. The molecule has 0 amide bonds. The summed E-state index contributed by atoms with van der Waals surface area (Å²) >= 11 is 0. The molecule has 0 saturated heterocycles. The lowest BCUT2D eigenvalue weighted by Crippen LogP contribution is -2.41. The van der Waals surface area contributed by atoms with Gasteiger partial charge in [-0.1, -0.05) is 13.8 Å². The van der Waals surface area contributed by atoms with Crippen LogP contribution in [0.4, 0.5) is 0 Å². The summed E-state index contributed by atoms with van der Waals surface area (Å²) < 4.78 is 5.60. The van der Waals surface area contributed by atoms with Gasteiger partial charge in [-0.3, -0.25) is 0 Å². The maximum atomic E-state index is 9.88. The van der Waals surface area contributed by atoms with E-state index in [0.717, 1.165) is 0 Å². The Bertz CT molecular complexity index is 400. The summed E-state index contributed by atoms with van der Waals surface area (Å²) in [5.74, 6) is 0.570. The molecule has 1 aliphatic rings. The van der Waals surface area contributed by atoms with Crippen LogP contribution in [0.1, 0.15) is 19.4 Å². The summed E-state index contributed by atoms with van der Waals surface area (Å²) in [6.07, 6.45) is -0.568. The van der Waals surface area contributed by atoms with E-state index in [2.05, 4.69) is 0 Å². The van der Waals surface area contributed by atoms with Crippen molar-refractivity contribution in [1.29, 1.82) is 0 Å². The van der Waals surface area contributed by atoms with Crippen LogP contribution in [-0.2, 0) is 6.42 Å². The maximum Gasteiger partial charge on any atom is 0.130 e. The molecule has 1 aromatic carbocycles. The van der Waals surface area contributed by atoms with Crippen molar-refractivity contribution in [3.8, 4) is 17.2 Å². The summed E-state index contributed by atoms with van der Waals surface area (Å²) in [6.45, 7) is 3.92. The minimum absolute atomic E-state index is 0.0312. The first kappa shape index (κ1) is 11.1. The van der Waals surface area contributed by atoms with E-state index in [1.165, 1.54) is 12.1 Å². The topological polar surface area (TPSA) is 69.9 Å². The molecular weight excluding hydrogens is 208 g/mol. The van der Waals surface area contributed by atoms with Crippen LogP contribution in [0, 0.1) is 5.92 Å². The van der Waals surface area contributed by atoms with E-state index in [0.29, 0.717) is 17.7 Å². The first-order valence-electron chi connectivity index (χ1n) is 5.38. The van der Waals surface area contributed by atoms with Gasteiger partial charge in [-0.15, -0.1) is 0 Å². The van der Waals surface area contributed by atoms with E-state index < -0.39 is 6.10 Å². The number of hydrogen-bond donors (Lipinski definition) is 3. The molecular formula is C12H16O4. The van der Waals surface area contributed by atoms with Gasteiger partial charge in [0, 0.05) is 24.1 Å². The molecule has 0 fully saturated rings. The van der Waals surface area contributed by atoms with Crippen molar-refractivity contribution in [3.63, 3.8) is 0 Å². The van der Waals surface area contributed by atoms with E-state index >= 15 is 0 Å². The third-order valence-electron chi connectivity index (χ3n) is 2.88. The van der Waals surface area contributed by atoms with Crippen LogP contribution in [0.3, 0.4) is 0 Å². The predicted octanol–water partition coefficient (Wildman–Crippen LogP) is 1.42. The standard InChI is InChI=1S/C12H16O4/c1-6(2)12-10(15)5-8-9(14)3-7(13)4-11(8)16-12/h3-4,6,10,12-15H,5H2,1-2H3/t10-,12+/m1/s1. The number of phenols is 2. The zero-order valence-corrected chi connectivity index (χ0v) is 9.34. The number of aromatic hydroxyl groups is 2. The number of phenolic OH excluding ortho intramolecular Hbond substituents is 2. The van der Waals surface area contributed by atoms with E-state index in [4.69, 9.17) is 4.74 Å². The lowest BCUT2D eigenvalue weighted by atomic mass is 9.92. The highest BCUT2D eigenvalue weighted by atomic mass is 16.5. The molecule has 0 aromatic heterocycles. The lowest BCUT2D eigenvalue weighted by Gasteiger charge is -2.33. The van der Waals surface area contributed by atoms with Gasteiger partial charge in [0.2, 0.25) is 0 Å². The average molecular weight is 224 g/mol. The molecule has 88 valence electrons. The van der Waals surface area contributed by atoms with Crippen molar-refractivity contribution in [2.45, 2.75) is 32.5 Å². The Kier molecular flexibility index (Phi) is 2.68. The number of aliphatic hydroxyl groups excluding tert-OH is 1. The fourth-order valence-electron chi connectivity index (χ4n) is 2.06. The van der Waals surface area contributed by atoms with Gasteiger partial charge in [0.05, 0.1) is 6.10 Å². The van der Waals surface area contributed by atoms with Crippen LogP contribution in [0.25, 0.3) is 0 Å². The minimum Gasteiger partial charge on any atom is -0.508 e. The molecule has 16 heavy (non-hydrogen) atoms. The molecule has 1 aliphatic heterocycles. The van der Waals surface area contributed by atoms with Gasteiger partial charge < -0.3 is 20.1 Å². The normalized spacial score (nSPS) is 24.0. The highest BCUT2D eigenvalue weighted by Gasteiger charge is 2.32. The fourth-order valence-corrected chi connectivity index (χ4v) is 2.06. The molecule has 2 atom stereocenters. The number of fused-ring (bicyclic) bond motifs is 1. The van der Waals surface area contributed by atoms with Crippen molar-refractivity contribution in [2.75, 3.05) is 0 Å². The SMILES string of the molecule is CC(C)[C@@H]1Oc2cc(O)cc(O)c2C[C@H]1O. The molecule has 2 rings (SSSR count). The summed E-state index contributed by atoms with van der Waals surface area (Å²) in [5.41, 5.74) is 0.558. The van der Waals surface area contributed by atoms with Crippen molar-refractivity contribution in [1.82, 2.24) is 0 Å². The van der Waals surface area contributed by atoms with Crippen LogP contribution in [0.5, 0.6) is 17.2 Å². The van der Waals surface area contributed by atoms with Crippen LogP contribution in [0.15, 0.2) is 12.1 Å². The first-order valence-corrected chi connectivity index (χ1v) is 5.38. The number of benzene rings is 1. The van der Waals surface area contributed by atoms with Crippen LogP contribution < -0.4 is 4.74 Å². The van der Waals surface area contributed by atoms with Gasteiger partial charge in [0.25, 0.3) is 0 Å². The molecule has 0 spiro atoms. The first-order chi connectivity index (χ1) is 7.49. The second-order valence-corrected chi connectivity index (χ2v) is 4.54. The molecule has 0 aliphatic carbocycles. The molecule has 4 nitrogen and oxygen atoms in total. The molecule has 0 saturated carbocycles. The maximum absolute atomic E-state index is 9.88. The monoisotopic (exact) mass is 224 g/mol. The second kappa shape index (κ2) is 3.87. The van der Waals surface area contributed by atoms with Crippen molar-refractivity contribution in [3.05, 3.63) is 17.7 Å². The van der Waals surface area contributed by atoms with Crippen LogP contribution in [-0.4, -0.2) is 27.5 Å². The Morgan fingerprint density at radius 3 is 2.62 bits per heavy atom. The Hall–Kier alpha value is -1.42. The molecule has 0 unspecified atom stereocenters. The molecule has 1 aromatic rings. The highest BCUT2D eigenvalue weighted by molar-refractivity contribution is 5.50. The largest absolute Gasteiger partial charge is 0.508 e. The smallest absolute Gasteiger partial charge is 0.130 e. The predicted molar refractivity (Wildman–Crippen MR) is 58.7 cm³/mol. The Morgan fingerprint density at radius 1 is 1.31 bits per heavy atom. The van der Waals surface area contributed by atoms with E-state index in [1.54, 1.807) is 0 Å². The zero-order valence-electron chi connectivity index (χ0n) is 9.34. The molecule has 0 radical (unpaired) electrons. The molecule has 1 heterocycles. The lowest BCUT2D eigenvalue weighted by molar-refractivity contribution is -0.00477. The number of rotatable bonds is 1. The Balaban J connectivity index is 2.39. The van der Waals surface area contributed by atoms with Gasteiger partial charge in [-0.2, -0.15) is 0 Å². The van der Waals surface area contributed by atoms with Gasteiger partial charge in [0.15, 0.2) is 0 Å². The minimum atomic E-state index is -0.622. The molecule has 4 heteroatoms. The van der Waals surface area contributed by atoms with E-state index in [9.17, 15) is 15.3 Å². The van der Waals surface area contributed by atoms with Crippen LogP contribution in [0.2, 0.25) is 0 Å². The van der Waals surface area contributed by atoms with E-state index in [1.807, 2.05) is 13.8 Å². The van der Waals surface area contributed by atoms with Crippen molar-refractivity contribution < 1.29 is 20.1 Å². The molecule has 3 N–H and O–H groups in total. The van der Waals surface area contributed by atoms with Gasteiger partial charge >= 0.3 is 0 Å². The summed E-state index contributed by atoms with van der Waals surface area (Å²) in [7, 11) is 0. The summed E-state index contributed by atoms with van der Waals surface area (Å²) in [5, 5.41) is 28.9. The number of hydrogen-bond acceptors (Lipinski definition) is 4. The number of aliphatic hydroxyl groups is 1. The molecule has 0 bridgehead atoms. The third kappa shape index (κ3) is 1.80. The van der Waals surface area contributed by atoms with Gasteiger partial charge in [-0.05, 0) is 5.92 Å². The van der Waals surface area contributed by atoms with Crippen molar-refractivity contribution >= 4 is 0 Å². The number of ether oxygens (including phenoxy) is 1. The highest BCUT2D eigenvalue weighted by Crippen LogP contribution is 2.38. The summed E-state index contributed by atoms with van der Waals surface area (Å²) in [6, 6.07) is 2.72. The average Bonchev–Trinajstić information content (AvgIpc) is 2.18. The Labute approximate surface area is 94.1 Å². The van der Waals surface area contributed by atoms with Crippen LogP contribution >= 0.6 is 0 Å². The van der Waals surface area contributed by atoms with Gasteiger partial charge in [0.1, 0.15) is 23.4 Å². The zero-order chi connectivity index (χ0) is 11.9. The van der Waals surface area contributed by atoms with Gasteiger partial charge in [-0.25, -0.2) is 0 Å². The third-order valence-corrected chi connectivity index (χ3v) is 2.88. The fraction of sp³-hybridized carbons (Fsp3) is 0.500. The quantitative estimate of drug-likeness (QED) is 0.674. The van der Waals surface area contributed by atoms with E-state index in [-0.39, 0.29) is 23.5 Å². The van der Waals surface area contributed by atoms with Crippen molar-refractivity contribution in [2.24, 2.45) is 5.92 Å². The second-order valence-electron chi connectivity index (χ2n) is 4.54.